The van der Waals surface area contributed by atoms with Crippen LogP contribution in [-0.4, -0.2) is 40.8 Å². The number of hydrogen-bond acceptors (Lipinski definition) is 3. The van der Waals surface area contributed by atoms with Crippen LogP contribution in [0.5, 0.6) is 0 Å². The molecule has 0 bridgehead atoms. The van der Waals surface area contributed by atoms with Crippen LogP contribution in [0.15, 0.2) is 0 Å². The first-order valence-electron chi connectivity index (χ1n) is 4.88. The first-order chi connectivity index (χ1) is 6.70. The molecule has 0 aromatic rings. The van der Waals surface area contributed by atoms with E-state index in [9.17, 15) is 9.59 Å². The van der Waals surface area contributed by atoms with Gasteiger partial charge in [-0.3, -0.25) is 4.90 Å². The fourth-order valence-electron chi connectivity index (χ4n) is 2.21. The summed E-state index contributed by atoms with van der Waals surface area (Å²) in [6.45, 7) is -0.00926. The number of amides is 1. The lowest BCUT2D eigenvalue weighted by atomic mass is 10.2. The topological polar surface area (TPSA) is 66.8 Å². The summed E-state index contributed by atoms with van der Waals surface area (Å²) in [4.78, 5) is 23.6. The molecule has 2 rings (SSSR count). The van der Waals surface area contributed by atoms with Gasteiger partial charge in [0.2, 0.25) is 0 Å². The Kier molecular flexibility index (Phi) is 2.31. The molecule has 1 aliphatic heterocycles. The Morgan fingerprint density at radius 1 is 1.43 bits per heavy atom. The van der Waals surface area contributed by atoms with E-state index in [2.05, 4.69) is 0 Å². The van der Waals surface area contributed by atoms with Crippen LogP contribution in [0.25, 0.3) is 0 Å². The number of carbonyl (C=O) groups is 2. The van der Waals surface area contributed by atoms with Crippen molar-refractivity contribution in [3.8, 4) is 0 Å². The number of cyclic esters (lactones) is 1. The summed E-state index contributed by atoms with van der Waals surface area (Å²) < 4.78 is 4.76. The summed E-state index contributed by atoms with van der Waals surface area (Å²) in [6.07, 6.45) is 3.48. The number of carboxylic acids is 1. The normalized spacial score (nSPS) is 28.1. The molecule has 1 aliphatic carbocycles. The molecule has 1 heterocycles. The second-order valence-corrected chi connectivity index (χ2v) is 3.78. The third-order valence-corrected chi connectivity index (χ3v) is 2.91. The van der Waals surface area contributed by atoms with Crippen molar-refractivity contribution in [2.24, 2.45) is 0 Å². The molecular formula is C9H13NO4. The third kappa shape index (κ3) is 1.42. The van der Waals surface area contributed by atoms with Gasteiger partial charge in [0.05, 0.1) is 0 Å². The van der Waals surface area contributed by atoms with Gasteiger partial charge in [-0.2, -0.15) is 0 Å². The molecule has 1 saturated heterocycles. The Morgan fingerprint density at radius 3 is 2.64 bits per heavy atom. The lowest BCUT2D eigenvalue weighted by molar-refractivity contribution is -0.142. The quantitative estimate of drug-likeness (QED) is 0.715. The highest BCUT2D eigenvalue weighted by atomic mass is 16.6. The largest absolute Gasteiger partial charge is 0.480 e. The molecule has 0 spiro atoms. The van der Waals surface area contributed by atoms with E-state index in [-0.39, 0.29) is 12.6 Å². The van der Waals surface area contributed by atoms with Gasteiger partial charge in [0.25, 0.3) is 0 Å². The zero-order valence-corrected chi connectivity index (χ0v) is 7.81. The molecule has 1 N–H and O–H groups in total. The van der Waals surface area contributed by atoms with Gasteiger partial charge in [-0.1, -0.05) is 12.8 Å². The molecule has 0 aromatic carbocycles. The van der Waals surface area contributed by atoms with Gasteiger partial charge in [0.1, 0.15) is 6.61 Å². The van der Waals surface area contributed by atoms with E-state index in [0.717, 1.165) is 25.7 Å². The van der Waals surface area contributed by atoms with Gasteiger partial charge < -0.3 is 9.84 Å². The second kappa shape index (κ2) is 3.48. The van der Waals surface area contributed by atoms with Gasteiger partial charge in [0.15, 0.2) is 6.04 Å². The fraction of sp³-hybridized carbons (Fsp3) is 0.778. The molecule has 0 radical (unpaired) electrons. The number of carbonyl (C=O) groups excluding carboxylic acids is 1. The second-order valence-electron chi connectivity index (χ2n) is 3.78. The fourth-order valence-corrected chi connectivity index (χ4v) is 2.21. The summed E-state index contributed by atoms with van der Waals surface area (Å²) in [7, 11) is 0. The van der Waals surface area contributed by atoms with Crippen LogP contribution in [0.4, 0.5) is 4.79 Å². The Balaban J connectivity index is 2.12. The van der Waals surface area contributed by atoms with Crippen LogP contribution >= 0.6 is 0 Å². The maximum Gasteiger partial charge on any atom is 0.410 e. The average molecular weight is 199 g/mol. The molecule has 1 amide bonds. The molecule has 2 fully saturated rings. The van der Waals surface area contributed by atoms with E-state index in [4.69, 9.17) is 9.84 Å². The molecular weight excluding hydrogens is 186 g/mol. The molecule has 5 heteroatoms. The minimum absolute atomic E-state index is 0.00926. The predicted octanol–water partition coefficient (Wildman–Crippen LogP) is 0.834. The van der Waals surface area contributed by atoms with Gasteiger partial charge in [0, 0.05) is 6.04 Å². The van der Waals surface area contributed by atoms with Crippen molar-refractivity contribution in [1.29, 1.82) is 0 Å². The van der Waals surface area contributed by atoms with Gasteiger partial charge in [-0.05, 0) is 12.8 Å². The average Bonchev–Trinajstić information content (AvgIpc) is 2.71. The molecule has 2 aliphatic rings. The Bertz CT molecular complexity index is 260. The van der Waals surface area contributed by atoms with E-state index < -0.39 is 18.1 Å². The van der Waals surface area contributed by atoms with Crippen LogP contribution in [0.3, 0.4) is 0 Å². The van der Waals surface area contributed by atoms with Crippen molar-refractivity contribution >= 4 is 12.1 Å². The van der Waals surface area contributed by atoms with Crippen molar-refractivity contribution in [2.45, 2.75) is 37.8 Å². The summed E-state index contributed by atoms with van der Waals surface area (Å²) in [5.41, 5.74) is 0. The first-order valence-corrected chi connectivity index (χ1v) is 4.88. The Morgan fingerprint density at radius 2 is 2.07 bits per heavy atom. The zero-order chi connectivity index (χ0) is 10.1. The van der Waals surface area contributed by atoms with E-state index in [1.165, 1.54) is 4.90 Å². The standard InChI is InChI=1S/C9H13NO4/c11-8(12)7-5-14-9(13)10(7)6-3-1-2-4-6/h6-7H,1-5H2,(H,11,12). The van der Waals surface area contributed by atoms with Gasteiger partial charge in [-0.15, -0.1) is 0 Å². The van der Waals surface area contributed by atoms with E-state index >= 15 is 0 Å². The summed E-state index contributed by atoms with van der Waals surface area (Å²) in [5, 5.41) is 8.89. The minimum atomic E-state index is -0.970. The number of ether oxygens (including phenoxy) is 1. The highest BCUT2D eigenvalue weighted by Gasteiger charge is 2.42. The third-order valence-electron chi connectivity index (χ3n) is 2.91. The van der Waals surface area contributed by atoms with Crippen molar-refractivity contribution in [1.82, 2.24) is 4.90 Å². The number of carboxylic acid groups (broad SMARTS) is 1. The van der Waals surface area contributed by atoms with Crippen LogP contribution in [0.2, 0.25) is 0 Å². The van der Waals surface area contributed by atoms with Crippen LogP contribution < -0.4 is 0 Å². The van der Waals surface area contributed by atoms with E-state index in [1.54, 1.807) is 0 Å². The first kappa shape index (κ1) is 9.30. The summed E-state index contributed by atoms with van der Waals surface area (Å²) in [5.74, 6) is -0.970. The predicted molar refractivity (Wildman–Crippen MR) is 46.9 cm³/mol. The smallest absolute Gasteiger partial charge is 0.410 e. The molecule has 1 atom stereocenters. The van der Waals surface area contributed by atoms with Crippen LogP contribution in [-0.2, 0) is 9.53 Å². The number of rotatable bonds is 2. The Hall–Kier alpha value is -1.26. The summed E-state index contributed by atoms with van der Waals surface area (Å²) in [6, 6.07) is -0.698. The van der Waals surface area contributed by atoms with Crippen LogP contribution in [0, 0.1) is 0 Å². The Labute approximate surface area is 81.6 Å². The highest BCUT2D eigenvalue weighted by molar-refractivity contribution is 5.83. The molecule has 14 heavy (non-hydrogen) atoms. The maximum absolute atomic E-state index is 11.3. The number of hydrogen-bond donors (Lipinski definition) is 1. The minimum Gasteiger partial charge on any atom is -0.480 e. The lowest BCUT2D eigenvalue weighted by Crippen LogP contribution is -2.44. The van der Waals surface area contributed by atoms with Crippen molar-refractivity contribution < 1.29 is 19.4 Å². The monoisotopic (exact) mass is 199 g/mol. The molecule has 5 nitrogen and oxygen atoms in total. The van der Waals surface area contributed by atoms with Gasteiger partial charge >= 0.3 is 12.1 Å². The molecule has 0 aromatic heterocycles. The van der Waals surface area contributed by atoms with E-state index in [0.29, 0.717) is 0 Å². The molecule has 1 unspecified atom stereocenters. The SMILES string of the molecule is O=C(O)C1COC(=O)N1C1CCCC1. The van der Waals surface area contributed by atoms with Gasteiger partial charge in [-0.25, -0.2) is 9.59 Å². The maximum atomic E-state index is 11.3. The zero-order valence-electron chi connectivity index (χ0n) is 7.81. The van der Waals surface area contributed by atoms with Crippen molar-refractivity contribution in [3.05, 3.63) is 0 Å². The lowest BCUT2D eigenvalue weighted by Gasteiger charge is -2.24. The molecule has 1 saturated carbocycles. The highest BCUT2D eigenvalue weighted by Crippen LogP contribution is 2.28. The van der Waals surface area contributed by atoms with Crippen molar-refractivity contribution in [3.63, 3.8) is 0 Å². The summed E-state index contributed by atoms with van der Waals surface area (Å²) >= 11 is 0. The number of nitrogens with zero attached hydrogens (tertiary/aromatic N) is 1. The van der Waals surface area contributed by atoms with Crippen molar-refractivity contribution in [2.75, 3.05) is 6.61 Å². The molecule has 78 valence electrons. The number of aliphatic carboxylic acids is 1. The van der Waals surface area contributed by atoms with E-state index in [1.807, 2.05) is 0 Å². The van der Waals surface area contributed by atoms with Crippen LogP contribution in [0.1, 0.15) is 25.7 Å².